The van der Waals surface area contributed by atoms with Gasteiger partial charge in [0.2, 0.25) is 12.0 Å². The molecule has 1 saturated heterocycles. The highest BCUT2D eigenvalue weighted by Crippen LogP contribution is 2.44. The smallest absolute Gasteiger partial charge is 0.402 e. The van der Waals surface area contributed by atoms with Crippen LogP contribution in [0.5, 0.6) is 34.5 Å². The van der Waals surface area contributed by atoms with E-state index in [4.69, 9.17) is 13.9 Å². The highest BCUT2D eigenvalue weighted by Gasteiger charge is 2.40. The molecule has 0 bridgehead atoms. The summed E-state index contributed by atoms with van der Waals surface area (Å²) in [5.41, 5.74) is 0.0332. The monoisotopic (exact) mass is 435 g/mol. The van der Waals surface area contributed by atoms with Crippen LogP contribution in [0.25, 0.3) is 22.3 Å². The molecule has 31 heavy (non-hydrogen) atoms. The van der Waals surface area contributed by atoms with Gasteiger partial charge < -0.3 is 50.3 Å². The Hall–Kier alpha value is -3.51. The maximum Gasteiger partial charge on any atom is 0.402 e. The fourth-order valence-electron chi connectivity index (χ4n) is 3.22. The molecule has 2 aromatic carbocycles. The Morgan fingerprint density at radius 1 is 0.839 bits per heavy atom. The van der Waals surface area contributed by atoms with Crippen molar-refractivity contribution in [3.05, 3.63) is 30.3 Å². The minimum atomic E-state index is -1.64. The fourth-order valence-corrected chi connectivity index (χ4v) is 3.22. The quantitative estimate of drug-likeness (QED) is 0.214. The largest absolute Gasteiger partial charge is 0.507 e. The van der Waals surface area contributed by atoms with Crippen LogP contribution in [0.15, 0.2) is 34.7 Å². The van der Waals surface area contributed by atoms with Crippen LogP contribution >= 0.6 is 0 Å². The summed E-state index contributed by atoms with van der Waals surface area (Å²) in [4.78, 5) is 0. The van der Waals surface area contributed by atoms with Gasteiger partial charge in [-0.25, -0.2) is 4.42 Å². The van der Waals surface area contributed by atoms with E-state index >= 15 is 0 Å². The van der Waals surface area contributed by atoms with Crippen LogP contribution in [-0.4, -0.2) is 72.1 Å². The standard InChI is InChI=1S/C20H18O11/c21-8-3-10(22)9-5-15(31-20-18(28)17(27)13(25)6-29-20)19(30-14(9)4-8)7-1-11(23)16(26)12(24)2-7/h1-5,13,17-18,20,25,27-28H,6H2,(H4-,21,22,23,24,26)/p+1/t13-,17+,18-,20+/m1/s1. The average molecular weight is 435 g/mol. The zero-order valence-electron chi connectivity index (χ0n) is 15.7. The predicted octanol–water partition coefficient (Wildman–Crippen LogP) is 0.727. The van der Waals surface area contributed by atoms with Crippen molar-refractivity contribution >= 4 is 11.0 Å². The number of hydrogen-bond donors (Lipinski definition) is 8. The molecule has 0 unspecified atom stereocenters. The van der Waals surface area contributed by atoms with Crippen molar-refractivity contribution in [2.75, 3.05) is 6.61 Å². The lowest BCUT2D eigenvalue weighted by Crippen LogP contribution is -2.54. The third-order valence-corrected chi connectivity index (χ3v) is 4.85. The van der Waals surface area contributed by atoms with E-state index in [1.807, 2.05) is 0 Å². The minimum absolute atomic E-state index is 0.00692. The summed E-state index contributed by atoms with van der Waals surface area (Å²) < 4.78 is 16.6. The second-order valence-corrected chi connectivity index (χ2v) is 7.05. The summed E-state index contributed by atoms with van der Waals surface area (Å²) in [5.74, 6) is -3.03. The molecular formula is C20H19O11+. The molecular weight excluding hydrogens is 416 g/mol. The van der Waals surface area contributed by atoms with Crippen molar-refractivity contribution in [2.24, 2.45) is 0 Å². The summed E-state index contributed by atoms with van der Waals surface area (Å²) in [6.07, 6.45) is -5.95. The lowest BCUT2D eigenvalue weighted by Gasteiger charge is -2.34. The third kappa shape index (κ3) is 3.70. The molecule has 3 aromatic rings. The van der Waals surface area contributed by atoms with Gasteiger partial charge in [-0.05, 0) is 0 Å². The molecule has 1 fully saturated rings. The molecule has 0 aliphatic carbocycles. The number of ether oxygens (including phenoxy) is 2. The number of rotatable bonds is 3. The molecule has 2 heterocycles. The number of hydrogen-bond acceptors (Lipinski definition) is 10. The molecule has 0 spiro atoms. The number of phenols is 5. The molecule has 8 N–H and O–H groups in total. The zero-order valence-corrected chi connectivity index (χ0v) is 15.7. The fraction of sp³-hybridized carbons (Fsp3) is 0.250. The maximum absolute atomic E-state index is 10.2. The molecule has 0 amide bonds. The Labute approximate surface area is 173 Å². The van der Waals surface area contributed by atoms with E-state index in [-0.39, 0.29) is 46.1 Å². The Morgan fingerprint density at radius 2 is 1.52 bits per heavy atom. The number of fused-ring (bicyclic) bond motifs is 1. The Morgan fingerprint density at radius 3 is 2.19 bits per heavy atom. The third-order valence-electron chi connectivity index (χ3n) is 4.85. The summed E-state index contributed by atoms with van der Waals surface area (Å²) in [6, 6.07) is 5.68. The molecule has 4 rings (SSSR count). The van der Waals surface area contributed by atoms with E-state index in [1.54, 1.807) is 0 Å². The predicted molar refractivity (Wildman–Crippen MR) is 103 cm³/mol. The average Bonchev–Trinajstić information content (AvgIpc) is 2.72. The van der Waals surface area contributed by atoms with Crippen LogP contribution in [-0.2, 0) is 4.74 Å². The van der Waals surface area contributed by atoms with Crippen molar-refractivity contribution in [3.8, 4) is 45.8 Å². The first kappa shape index (κ1) is 20.8. The van der Waals surface area contributed by atoms with Gasteiger partial charge in [0.25, 0.3) is 0 Å². The Balaban J connectivity index is 1.87. The van der Waals surface area contributed by atoms with Gasteiger partial charge >= 0.3 is 11.3 Å². The first-order valence-electron chi connectivity index (χ1n) is 9.06. The lowest BCUT2D eigenvalue weighted by atomic mass is 10.1. The summed E-state index contributed by atoms with van der Waals surface area (Å²) in [6.45, 7) is -0.330. The molecule has 1 aliphatic heterocycles. The van der Waals surface area contributed by atoms with Gasteiger partial charge in [-0.2, -0.15) is 0 Å². The van der Waals surface area contributed by atoms with Crippen LogP contribution in [0.1, 0.15) is 0 Å². The van der Waals surface area contributed by atoms with E-state index in [2.05, 4.69) is 0 Å². The van der Waals surface area contributed by atoms with Crippen molar-refractivity contribution in [1.82, 2.24) is 0 Å². The van der Waals surface area contributed by atoms with Crippen molar-refractivity contribution in [3.63, 3.8) is 0 Å². The second-order valence-electron chi connectivity index (χ2n) is 7.05. The molecule has 0 radical (unpaired) electrons. The summed E-state index contributed by atoms with van der Waals surface area (Å²) in [5, 5.41) is 79.0. The van der Waals surface area contributed by atoms with Gasteiger partial charge in [0.05, 0.1) is 18.2 Å². The van der Waals surface area contributed by atoms with Crippen molar-refractivity contribution in [1.29, 1.82) is 0 Å². The SMILES string of the molecule is Oc1cc(O)c2cc(O[C@@H]3OC[C@@H](O)[C@H](O)[C@H]3O)c(-c3cc(O)c(O)c(O)c3)[o+]c2c1. The maximum atomic E-state index is 10.2. The molecule has 11 heteroatoms. The summed E-state index contributed by atoms with van der Waals surface area (Å²) >= 11 is 0. The number of phenolic OH excluding ortho intramolecular Hbond substituents is 5. The Kier molecular flexibility index (Phi) is 5.11. The van der Waals surface area contributed by atoms with Crippen LogP contribution < -0.4 is 4.74 Å². The normalized spacial score (nSPS) is 23.7. The first-order chi connectivity index (χ1) is 14.7. The second kappa shape index (κ2) is 7.63. The molecule has 164 valence electrons. The topological polar surface area (TPSA) is 192 Å². The lowest BCUT2D eigenvalue weighted by molar-refractivity contribution is -0.242. The molecule has 11 nitrogen and oxygen atoms in total. The van der Waals surface area contributed by atoms with E-state index in [0.717, 1.165) is 18.2 Å². The summed E-state index contributed by atoms with van der Waals surface area (Å²) in [7, 11) is 0. The van der Waals surface area contributed by atoms with E-state index in [1.165, 1.54) is 12.1 Å². The van der Waals surface area contributed by atoms with Crippen LogP contribution in [0.3, 0.4) is 0 Å². The van der Waals surface area contributed by atoms with Crippen LogP contribution in [0.4, 0.5) is 0 Å². The number of aliphatic hydroxyl groups excluding tert-OH is 3. The molecule has 4 atom stereocenters. The van der Waals surface area contributed by atoms with Gasteiger partial charge in [-0.1, -0.05) is 0 Å². The molecule has 0 saturated carbocycles. The minimum Gasteiger partial charge on any atom is -0.507 e. The van der Waals surface area contributed by atoms with Gasteiger partial charge in [-0.15, -0.1) is 0 Å². The number of aromatic hydroxyl groups is 5. The van der Waals surface area contributed by atoms with Gasteiger partial charge in [-0.3, -0.25) is 0 Å². The molecule has 1 aromatic heterocycles. The van der Waals surface area contributed by atoms with E-state index in [0.29, 0.717) is 0 Å². The molecule has 1 aliphatic rings. The van der Waals surface area contributed by atoms with Gasteiger partial charge in [0, 0.05) is 24.3 Å². The highest BCUT2D eigenvalue weighted by molar-refractivity contribution is 5.88. The Bertz CT molecular complexity index is 1120. The van der Waals surface area contributed by atoms with E-state index in [9.17, 15) is 40.9 Å². The number of aliphatic hydroxyl groups is 3. The van der Waals surface area contributed by atoms with Gasteiger partial charge in [0.1, 0.15) is 35.2 Å². The van der Waals surface area contributed by atoms with Crippen LogP contribution in [0, 0.1) is 0 Å². The van der Waals surface area contributed by atoms with Crippen LogP contribution in [0.2, 0.25) is 0 Å². The highest BCUT2D eigenvalue weighted by atomic mass is 16.7. The first-order valence-corrected chi connectivity index (χ1v) is 9.06. The van der Waals surface area contributed by atoms with E-state index < -0.39 is 41.9 Å². The zero-order chi connectivity index (χ0) is 22.4. The number of benzene rings is 2. The van der Waals surface area contributed by atoms with Crippen molar-refractivity contribution < 1.29 is 54.7 Å². The van der Waals surface area contributed by atoms with Crippen molar-refractivity contribution in [2.45, 2.75) is 24.6 Å². The van der Waals surface area contributed by atoms with Gasteiger partial charge in [0.15, 0.2) is 17.2 Å².